The smallest absolute Gasteiger partial charge is 0.248 e. The molecule has 92 valence electrons. The largest absolute Gasteiger partial charge is 0.366 e. The predicted octanol–water partition coefficient (Wildman–Crippen LogP) is 3.01. The van der Waals surface area contributed by atoms with E-state index >= 15 is 0 Å². The third-order valence-electron chi connectivity index (χ3n) is 2.34. The Bertz CT molecular complexity index is 528. The second-order valence-electron chi connectivity index (χ2n) is 3.72. The molecule has 0 aliphatic rings. The summed E-state index contributed by atoms with van der Waals surface area (Å²) in [4.78, 5) is 11.9. The maximum absolute atomic E-state index is 11.0. The molecule has 0 spiro atoms. The molecule has 2 N–H and O–H groups in total. The molecule has 0 bridgehead atoms. The Balaban J connectivity index is 1.90. The van der Waals surface area contributed by atoms with Gasteiger partial charge in [0.1, 0.15) is 0 Å². The van der Waals surface area contributed by atoms with E-state index in [1.807, 2.05) is 36.4 Å². The number of amides is 1. The maximum atomic E-state index is 11.0. The summed E-state index contributed by atoms with van der Waals surface area (Å²) in [5.74, 6) is -0.430. The highest BCUT2D eigenvalue weighted by Crippen LogP contribution is 2.21. The van der Waals surface area contributed by atoms with E-state index in [0.717, 1.165) is 10.5 Å². The summed E-state index contributed by atoms with van der Waals surface area (Å²) in [6, 6.07) is 17.0. The first-order valence-electron chi connectivity index (χ1n) is 5.49. The standard InChI is InChI=1S/C14H13NO2S/c15-14(16)12-7-4-8-13(9-12)18-17-10-11-5-2-1-3-6-11/h1-9H,10H2,(H2,15,16). The van der Waals surface area contributed by atoms with Crippen molar-refractivity contribution in [1.29, 1.82) is 0 Å². The summed E-state index contributed by atoms with van der Waals surface area (Å²) in [7, 11) is 0. The topological polar surface area (TPSA) is 52.3 Å². The van der Waals surface area contributed by atoms with Gasteiger partial charge in [-0.3, -0.25) is 4.79 Å². The van der Waals surface area contributed by atoms with E-state index in [2.05, 4.69) is 0 Å². The average Bonchev–Trinajstić information content (AvgIpc) is 2.40. The second-order valence-corrected chi connectivity index (χ2v) is 4.60. The molecule has 0 aliphatic heterocycles. The Morgan fingerprint density at radius 3 is 2.61 bits per heavy atom. The van der Waals surface area contributed by atoms with Gasteiger partial charge >= 0.3 is 0 Å². The van der Waals surface area contributed by atoms with Crippen molar-refractivity contribution in [1.82, 2.24) is 0 Å². The minimum atomic E-state index is -0.430. The van der Waals surface area contributed by atoms with Crippen molar-refractivity contribution >= 4 is 17.9 Å². The lowest BCUT2D eigenvalue weighted by Crippen LogP contribution is -2.10. The van der Waals surface area contributed by atoms with Gasteiger partial charge in [-0.25, -0.2) is 0 Å². The van der Waals surface area contributed by atoms with Crippen molar-refractivity contribution < 1.29 is 8.98 Å². The molecule has 2 aromatic rings. The van der Waals surface area contributed by atoms with Crippen LogP contribution in [-0.4, -0.2) is 5.91 Å². The molecule has 0 heterocycles. The average molecular weight is 259 g/mol. The Labute approximate surface area is 110 Å². The number of rotatable bonds is 5. The summed E-state index contributed by atoms with van der Waals surface area (Å²) in [6.07, 6.45) is 0. The number of hydrogen-bond acceptors (Lipinski definition) is 3. The number of carbonyl (C=O) groups excluding carboxylic acids is 1. The highest BCUT2D eigenvalue weighted by molar-refractivity contribution is 7.94. The third-order valence-corrected chi connectivity index (χ3v) is 3.02. The van der Waals surface area contributed by atoms with Gasteiger partial charge in [0.2, 0.25) is 5.91 Å². The fourth-order valence-corrected chi connectivity index (χ4v) is 2.08. The van der Waals surface area contributed by atoms with Gasteiger partial charge in [0, 0.05) is 22.5 Å². The van der Waals surface area contributed by atoms with Crippen LogP contribution in [0.4, 0.5) is 0 Å². The first kappa shape index (κ1) is 12.7. The molecule has 0 aliphatic carbocycles. The van der Waals surface area contributed by atoms with Crippen LogP contribution in [0.2, 0.25) is 0 Å². The SMILES string of the molecule is NC(=O)c1cccc(SOCc2ccccc2)c1. The summed E-state index contributed by atoms with van der Waals surface area (Å²) >= 11 is 1.24. The minimum Gasteiger partial charge on any atom is -0.366 e. The van der Waals surface area contributed by atoms with Crippen LogP contribution < -0.4 is 5.73 Å². The fraction of sp³-hybridized carbons (Fsp3) is 0.0714. The number of nitrogens with two attached hydrogens (primary N) is 1. The number of hydrogen-bond donors (Lipinski definition) is 1. The van der Waals surface area contributed by atoms with Crippen LogP contribution in [-0.2, 0) is 10.8 Å². The van der Waals surface area contributed by atoms with E-state index in [4.69, 9.17) is 9.92 Å². The van der Waals surface area contributed by atoms with Gasteiger partial charge < -0.3 is 9.92 Å². The molecule has 0 atom stereocenters. The van der Waals surface area contributed by atoms with Crippen molar-refractivity contribution in [2.45, 2.75) is 11.5 Å². The number of carbonyl (C=O) groups is 1. The molecule has 0 saturated carbocycles. The van der Waals surface area contributed by atoms with Crippen LogP contribution >= 0.6 is 12.0 Å². The predicted molar refractivity (Wildman–Crippen MR) is 72.0 cm³/mol. The highest BCUT2D eigenvalue weighted by atomic mass is 32.2. The van der Waals surface area contributed by atoms with Crippen molar-refractivity contribution in [2.24, 2.45) is 5.73 Å². The van der Waals surface area contributed by atoms with Gasteiger partial charge in [0.25, 0.3) is 0 Å². The molecule has 18 heavy (non-hydrogen) atoms. The van der Waals surface area contributed by atoms with Crippen molar-refractivity contribution in [2.75, 3.05) is 0 Å². The van der Waals surface area contributed by atoms with Crippen LogP contribution in [0, 0.1) is 0 Å². The molecule has 1 amide bonds. The maximum Gasteiger partial charge on any atom is 0.248 e. The molecular weight excluding hydrogens is 246 g/mol. The zero-order valence-electron chi connectivity index (χ0n) is 9.71. The first-order valence-corrected chi connectivity index (χ1v) is 6.23. The molecule has 0 fully saturated rings. The monoisotopic (exact) mass is 259 g/mol. The summed E-state index contributed by atoms with van der Waals surface area (Å²) in [5, 5.41) is 0. The number of primary amides is 1. The molecule has 0 radical (unpaired) electrons. The van der Waals surface area contributed by atoms with Crippen LogP contribution in [0.3, 0.4) is 0 Å². The Morgan fingerprint density at radius 1 is 1.11 bits per heavy atom. The summed E-state index contributed by atoms with van der Waals surface area (Å²) in [5.41, 5.74) is 6.81. The van der Waals surface area contributed by atoms with Crippen LogP contribution in [0.5, 0.6) is 0 Å². The molecule has 0 saturated heterocycles. The fourth-order valence-electron chi connectivity index (χ4n) is 1.44. The van der Waals surface area contributed by atoms with E-state index in [9.17, 15) is 4.79 Å². The molecular formula is C14H13NO2S. The molecule has 3 nitrogen and oxygen atoms in total. The van der Waals surface area contributed by atoms with E-state index in [1.54, 1.807) is 18.2 Å². The minimum absolute atomic E-state index is 0.430. The second kappa shape index (κ2) is 6.23. The lowest BCUT2D eigenvalue weighted by Gasteiger charge is -2.04. The van der Waals surface area contributed by atoms with E-state index in [-0.39, 0.29) is 0 Å². The lowest BCUT2D eigenvalue weighted by atomic mass is 10.2. The Morgan fingerprint density at radius 2 is 1.89 bits per heavy atom. The van der Waals surface area contributed by atoms with Gasteiger partial charge in [-0.05, 0) is 23.8 Å². The summed E-state index contributed by atoms with van der Waals surface area (Å²) in [6.45, 7) is 0.520. The third kappa shape index (κ3) is 3.61. The normalized spacial score (nSPS) is 10.2. The van der Waals surface area contributed by atoms with Gasteiger partial charge in [-0.1, -0.05) is 36.4 Å². The van der Waals surface area contributed by atoms with Crippen molar-refractivity contribution in [3.05, 3.63) is 65.7 Å². The van der Waals surface area contributed by atoms with Crippen LogP contribution in [0.15, 0.2) is 59.5 Å². The van der Waals surface area contributed by atoms with Crippen LogP contribution in [0.1, 0.15) is 15.9 Å². The molecule has 4 heteroatoms. The van der Waals surface area contributed by atoms with Gasteiger partial charge in [-0.2, -0.15) is 0 Å². The number of benzene rings is 2. The van der Waals surface area contributed by atoms with Gasteiger partial charge in [-0.15, -0.1) is 0 Å². The van der Waals surface area contributed by atoms with Crippen molar-refractivity contribution in [3.8, 4) is 0 Å². The Hall–Kier alpha value is -1.78. The Kier molecular flexibility index (Phi) is 4.39. The van der Waals surface area contributed by atoms with E-state index in [1.165, 1.54) is 12.0 Å². The van der Waals surface area contributed by atoms with Crippen molar-refractivity contribution in [3.63, 3.8) is 0 Å². The molecule has 0 aromatic heterocycles. The molecule has 0 unspecified atom stereocenters. The van der Waals surface area contributed by atoms with E-state index in [0.29, 0.717) is 12.2 Å². The zero-order chi connectivity index (χ0) is 12.8. The highest BCUT2D eigenvalue weighted by Gasteiger charge is 2.02. The van der Waals surface area contributed by atoms with Crippen LogP contribution in [0.25, 0.3) is 0 Å². The van der Waals surface area contributed by atoms with Gasteiger partial charge in [0.15, 0.2) is 0 Å². The quantitative estimate of drug-likeness (QED) is 0.840. The summed E-state index contributed by atoms with van der Waals surface area (Å²) < 4.78 is 5.51. The van der Waals surface area contributed by atoms with Gasteiger partial charge in [0.05, 0.1) is 6.61 Å². The van der Waals surface area contributed by atoms with E-state index < -0.39 is 5.91 Å². The molecule has 2 aromatic carbocycles. The molecule has 2 rings (SSSR count). The zero-order valence-corrected chi connectivity index (χ0v) is 10.5. The first-order chi connectivity index (χ1) is 8.75. The lowest BCUT2D eigenvalue weighted by molar-refractivity contribution is 0.1000.